The molecule has 116 valence electrons. The maximum Gasteiger partial charge on any atom is 0.0361 e. The highest BCUT2D eigenvalue weighted by Crippen LogP contribution is 2.43. The third kappa shape index (κ3) is 2.42. The summed E-state index contributed by atoms with van der Waals surface area (Å²) >= 11 is 0. The van der Waals surface area contributed by atoms with Crippen molar-refractivity contribution in [2.45, 2.75) is 70.0 Å². The van der Waals surface area contributed by atoms with Gasteiger partial charge in [-0.1, -0.05) is 13.8 Å². The van der Waals surface area contributed by atoms with Crippen LogP contribution < -0.4 is 5.73 Å². The third-order valence-electron chi connectivity index (χ3n) is 6.75. The number of rotatable bonds is 3. The SMILES string of the molecule is CC(C)C1CCN(C2(CN)CC3CCC(C2)N3C)CC1. The average Bonchev–Trinajstić information content (AvgIpc) is 2.69. The van der Waals surface area contributed by atoms with Crippen LogP contribution in [0.2, 0.25) is 0 Å². The molecule has 3 heteroatoms. The van der Waals surface area contributed by atoms with E-state index in [2.05, 4.69) is 30.7 Å². The second-order valence-electron chi connectivity index (χ2n) is 7.96. The highest BCUT2D eigenvalue weighted by molar-refractivity contribution is 5.07. The quantitative estimate of drug-likeness (QED) is 0.860. The topological polar surface area (TPSA) is 32.5 Å². The van der Waals surface area contributed by atoms with Gasteiger partial charge >= 0.3 is 0 Å². The van der Waals surface area contributed by atoms with Crippen LogP contribution in [0, 0.1) is 11.8 Å². The molecule has 3 heterocycles. The second-order valence-corrected chi connectivity index (χ2v) is 7.96. The molecule has 0 aromatic heterocycles. The molecule has 20 heavy (non-hydrogen) atoms. The highest BCUT2D eigenvalue weighted by Gasteiger charge is 2.49. The van der Waals surface area contributed by atoms with Crippen molar-refractivity contribution in [2.75, 3.05) is 26.7 Å². The number of fused-ring (bicyclic) bond motifs is 2. The molecule has 0 radical (unpaired) electrons. The van der Waals surface area contributed by atoms with Gasteiger partial charge in [0.1, 0.15) is 0 Å². The lowest BCUT2D eigenvalue weighted by atomic mass is 9.78. The zero-order valence-corrected chi connectivity index (χ0v) is 13.6. The molecule has 0 aromatic carbocycles. The van der Waals surface area contributed by atoms with Gasteiger partial charge in [0, 0.05) is 24.2 Å². The van der Waals surface area contributed by atoms with Crippen LogP contribution >= 0.6 is 0 Å². The first-order valence-electron chi connectivity index (χ1n) is 8.73. The average molecular weight is 279 g/mol. The zero-order valence-electron chi connectivity index (χ0n) is 13.6. The van der Waals surface area contributed by atoms with Gasteiger partial charge in [-0.2, -0.15) is 0 Å². The van der Waals surface area contributed by atoms with E-state index in [1.807, 2.05) is 0 Å². The molecule has 2 atom stereocenters. The van der Waals surface area contributed by atoms with Crippen LogP contribution in [0.3, 0.4) is 0 Å². The summed E-state index contributed by atoms with van der Waals surface area (Å²) in [6, 6.07) is 1.58. The molecule has 2 bridgehead atoms. The Morgan fingerprint density at radius 1 is 1.05 bits per heavy atom. The maximum atomic E-state index is 6.30. The first-order chi connectivity index (χ1) is 9.55. The van der Waals surface area contributed by atoms with Gasteiger partial charge in [0.05, 0.1) is 0 Å². The Labute approximate surface area is 124 Å². The van der Waals surface area contributed by atoms with Gasteiger partial charge in [-0.05, 0) is 70.5 Å². The van der Waals surface area contributed by atoms with Gasteiger partial charge in [0.2, 0.25) is 0 Å². The van der Waals surface area contributed by atoms with Gasteiger partial charge < -0.3 is 10.6 Å². The maximum absolute atomic E-state index is 6.30. The summed E-state index contributed by atoms with van der Waals surface area (Å²) in [7, 11) is 2.33. The molecule has 0 saturated carbocycles. The van der Waals surface area contributed by atoms with Crippen molar-refractivity contribution in [3.63, 3.8) is 0 Å². The minimum absolute atomic E-state index is 0.320. The first-order valence-corrected chi connectivity index (χ1v) is 8.73. The Balaban J connectivity index is 1.69. The molecule has 3 aliphatic rings. The van der Waals surface area contributed by atoms with Gasteiger partial charge in [0.25, 0.3) is 0 Å². The number of piperidine rings is 2. The molecule has 0 aromatic rings. The molecule has 0 aliphatic carbocycles. The molecule has 0 spiro atoms. The Morgan fingerprint density at radius 3 is 2.05 bits per heavy atom. The van der Waals surface area contributed by atoms with Crippen LogP contribution in [0.5, 0.6) is 0 Å². The molecule has 3 nitrogen and oxygen atoms in total. The number of likely N-dealkylation sites (tertiary alicyclic amines) is 1. The van der Waals surface area contributed by atoms with Crippen LogP contribution in [0.1, 0.15) is 52.4 Å². The summed E-state index contributed by atoms with van der Waals surface area (Å²) in [4.78, 5) is 5.42. The fraction of sp³-hybridized carbons (Fsp3) is 1.00. The van der Waals surface area contributed by atoms with Gasteiger partial charge in [-0.15, -0.1) is 0 Å². The molecule has 0 amide bonds. The fourth-order valence-electron chi connectivity index (χ4n) is 5.14. The smallest absolute Gasteiger partial charge is 0.0361 e. The van der Waals surface area contributed by atoms with E-state index in [4.69, 9.17) is 5.73 Å². The van der Waals surface area contributed by atoms with E-state index in [0.29, 0.717) is 5.54 Å². The minimum atomic E-state index is 0.320. The van der Waals surface area contributed by atoms with Gasteiger partial charge in [-0.25, -0.2) is 0 Å². The monoisotopic (exact) mass is 279 g/mol. The molecular formula is C17H33N3. The molecule has 2 N–H and O–H groups in total. The second kappa shape index (κ2) is 5.58. The van der Waals surface area contributed by atoms with Crippen LogP contribution in [0.25, 0.3) is 0 Å². The summed E-state index contributed by atoms with van der Waals surface area (Å²) in [6.45, 7) is 8.19. The number of hydrogen-bond acceptors (Lipinski definition) is 3. The van der Waals surface area contributed by atoms with E-state index in [9.17, 15) is 0 Å². The van der Waals surface area contributed by atoms with Crippen LogP contribution in [0.15, 0.2) is 0 Å². The predicted octanol–water partition coefficient (Wildman–Crippen LogP) is 2.31. The van der Waals surface area contributed by atoms with Gasteiger partial charge in [0.15, 0.2) is 0 Å². The standard InChI is InChI=1S/C17H33N3/c1-13(2)14-6-8-20(9-7-14)17(12-18)10-15-4-5-16(11-17)19(15)3/h13-16H,4-12,18H2,1-3H3. The van der Waals surface area contributed by atoms with Crippen molar-refractivity contribution in [1.29, 1.82) is 0 Å². The third-order valence-corrected chi connectivity index (χ3v) is 6.75. The molecule has 2 unspecified atom stereocenters. The van der Waals surface area contributed by atoms with Crippen molar-refractivity contribution >= 4 is 0 Å². The van der Waals surface area contributed by atoms with E-state index in [0.717, 1.165) is 30.5 Å². The molecular weight excluding hydrogens is 246 g/mol. The van der Waals surface area contributed by atoms with Gasteiger partial charge in [-0.3, -0.25) is 4.90 Å². The Bertz CT molecular complexity index is 319. The van der Waals surface area contributed by atoms with Crippen LogP contribution in [-0.4, -0.2) is 54.1 Å². The molecule has 3 aliphatic heterocycles. The normalized spacial score (nSPS) is 40.6. The lowest BCUT2D eigenvalue weighted by Crippen LogP contribution is -2.63. The van der Waals surface area contributed by atoms with Crippen LogP contribution in [0.4, 0.5) is 0 Å². The first kappa shape index (κ1) is 14.8. The van der Waals surface area contributed by atoms with E-state index in [-0.39, 0.29) is 0 Å². The van der Waals surface area contributed by atoms with Crippen LogP contribution in [-0.2, 0) is 0 Å². The summed E-state index contributed by atoms with van der Waals surface area (Å²) in [5.74, 6) is 1.78. The summed E-state index contributed by atoms with van der Waals surface area (Å²) in [5.41, 5.74) is 6.62. The fourth-order valence-corrected chi connectivity index (χ4v) is 5.14. The zero-order chi connectivity index (χ0) is 14.3. The number of nitrogens with two attached hydrogens (primary N) is 1. The van der Waals surface area contributed by atoms with E-state index in [1.165, 1.54) is 51.6 Å². The number of nitrogens with zero attached hydrogens (tertiary/aromatic N) is 2. The summed E-state index contributed by atoms with van der Waals surface area (Å²) in [6.07, 6.45) is 8.16. The summed E-state index contributed by atoms with van der Waals surface area (Å²) < 4.78 is 0. The van der Waals surface area contributed by atoms with Crippen molar-refractivity contribution in [1.82, 2.24) is 9.80 Å². The lowest BCUT2D eigenvalue weighted by Gasteiger charge is -2.53. The summed E-state index contributed by atoms with van der Waals surface area (Å²) in [5, 5.41) is 0. The van der Waals surface area contributed by atoms with Crippen molar-refractivity contribution in [3.05, 3.63) is 0 Å². The molecule has 3 fully saturated rings. The van der Waals surface area contributed by atoms with E-state index < -0.39 is 0 Å². The highest BCUT2D eigenvalue weighted by atomic mass is 15.3. The Morgan fingerprint density at radius 2 is 1.60 bits per heavy atom. The van der Waals surface area contributed by atoms with Crippen molar-refractivity contribution in [3.8, 4) is 0 Å². The van der Waals surface area contributed by atoms with Crippen molar-refractivity contribution < 1.29 is 0 Å². The molecule has 3 saturated heterocycles. The van der Waals surface area contributed by atoms with E-state index >= 15 is 0 Å². The molecule has 3 rings (SSSR count). The number of hydrogen-bond donors (Lipinski definition) is 1. The lowest BCUT2D eigenvalue weighted by molar-refractivity contribution is -0.0206. The largest absolute Gasteiger partial charge is 0.329 e. The Hall–Kier alpha value is -0.120. The van der Waals surface area contributed by atoms with Crippen molar-refractivity contribution in [2.24, 2.45) is 17.6 Å². The minimum Gasteiger partial charge on any atom is -0.329 e. The predicted molar refractivity (Wildman–Crippen MR) is 84.7 cm³/mol. The van der Waals surface area contributed by atoms with E-state index in [1.54, 1.807) is 0 Å². The Kier molecular flexibility index (Phi) is 4.13.